The van der Waals surface area contributed by atoms with Crippen molar-refractivity contribution in [2.45, 2.75) is 26.4 Å². The van der Waals surface area contributed by atoms with Crippen molar-refractivity contribution in [3.05, 3.63) is 65.2 Å². The molecule has 2 rings (SSSR count). The van der Waals surface area contributed by atoms with Crippen molar-refractivity contribution < 1.29 is 4.79 Å². The molecule has 2 aromatic carbocycles. The van der Waals surface area contributed by atoms with E-state index in [4.69, 9.17) is 11.6 Å². The van der Waals surface area contributed by atoms with Crippen LogP contribution in [-0.2, 0) is 6.54 Å². The quantitative estimate of drug-likeness (QED) is 0.866. The van der Waals surface area contributed by atoms with E-state index in [1.165, 1.54) is 0 Å². The second kappa shape index (κ2) is 7.14. The zero-order chi connectivity index (χ0) is 15.2. The van der Waals surface area contributed by atoms with Crippen LogP contribution in [0.1, 0.15) is 19.4 Å². The van der Waals surface area contributed by atoms with E-state index in [9.17, 15) is 4.79 Å². The third kappa shape index (κ3) is 4.50. The molecule has 0 spiro atoms. The lowest BCUT2D eigenvalue weighted by Gasteiger charge is -2.27. The second-order valence-electron chi connectivity index (χ2n) is 5.15. The molecule has 0 fully saturated rings. The first-order valence-electron chi connectivity index (χ1n) is 6.93. The minimum atomic E-state index is -0.129. The molecule has 0 unspecified atom stereocenters. The number of nitrogens with zero attached hydrogens (tertiary/aromatic N) is 1. The number of anilines is 1. The highest BCUT2D eigenvalue weighted by Crippen LogP contribution is 2.17. The van der Waals surface area contributed by atoms with E-state index >= 15 is 0 Å². The first-order valence-corrected chi connectivity index (χ1v) is 7.31. The fourth-order valence-corrected chi connectivity index (χ4v) is 2.22. The summed E-state index contributed by atoms with van der Waals surface area (Å²) in [5.74, 6) is 0. The van der Waals surface area contributed by atoms with Gasteiger partial charge in [0.1, 0.15) is 0 Å². The molecule has 0 aliphatic carbocycles. The predicted octanol–water partition coefficient (Wildman–Crippen LogP) is 4.78. The Morgan fingerprint density at radius 1 is 1.14 bits per heavy atom. The lowest BCUT2D eigenvalue weighted by molar-refractivity contribution is 0.193. The third-order valence-corrected chi connectivity index (χ3v) is 3.39. The zero-order valence-corrected chi connectivity index (χ0v) is 13.0. The minimum Gasteiger partial charge on any atom is -0.318 e. The topological polar surface area (TPSA) is 32.3 Å². The molecule has 0 saturated carbocycles. The highest BCUT2D eigenvalue weighted by Gasteiger charge is 2.17. The number of halogens is 1. The maximum atomic E-state index is 12.4. The van der Waals surface area contributed by atoms with E-state index in [1.54, 1.807) is 17.0 Å². The van der Waals surface area contributed by atoms with E-state index in [2.05, 4.69) is 5.32 Å². The van der Waals surface area contributed by atoms with Gasteiger partial charge in [-0.25, -0.2) is 4.79 Å². The Balaban J connectivity index is 2.09. The van der Waals surface area contributed by atoms with E-state index in [0.717, 1.165) is 5.56 Å². The fraction of sp³-hybridized carbons (Fsp3) is 0.235. The van der Waals surface area contributed by atoms with Gasteiger partial charge in [0, 0.05) is 23.3 Å². The summed E-state index contributed by atoms with van der Waals surface area (Å²) in [7, 11) is 0. The van der Waals surface area contributed by atoms with E-state index < -0.39 is 0 Å². The van der Waals surface area contributed by atoms with Crippen LogP contribution in [0.3, 0.4) is 0 Å². The Morgan fingerprint density at radius 3 is 2.48 bits per heavy atom. The fourth-order valence-electron chi connectivity index (χ4n) is 2.03. The molecular weight excluding hydrogens is 284 g/mol. The first-order chi connectivity index (χ1) is 10.1. The SMILES string of the molecule is CC(C)N(Cc1ccccc1)C(=O)Nc1cccc(Cl)c1. The number of carbonyl (C=O) groups excluding carboxylic acids is 1. The van der Waals surface area contributed by atoms with E-state index in [1.807, 2.05) is 56.3 Å². The molecular formula is C17H19ClN2O. The van der Waals surface area contributed by atoms with Gasteiger partial charge >= 0.3 is 6.03 Å². The van der Waals surface area contributed by atoms with Crippen LogP contribution in [0.4, 0.5) is 10.5 Å². The van der Waals surface area contributed by atoms with Gasteiger partial charge in [-0.3, -0.25) is 0 Å². The number of rotatable bonds is 4. The smallest absolute Gasteiger partial charge is 0.318 e. The maximum Gasteiger partial charge on any atom is 0.322 e. The van der Waals surface area contributed by atoms with Crippen molar-refractivity contribution in [2.75, 3.05) is 5.32 Å². The van der Waals surface area contributed by atoms with Crippen molar-refractivity contribution in [3.63, 3.8) is 0 Å². The van der Waals surface area contributed by atoms with Crippen molar-refractivity contribution >= 4 is 23.3 Å². The highest BCUT2D eigenvalue weighted by molar-refractivity contribution is 6.30. The summed E-state index contributed by atoms with van der Waals surface area (Å²) in [5, 5.41) is 3.49. The largest absolute Gasteiger partial charge is 0.322 e. The van der Waals surface area contributed by atoms with Gasteiger partial charge < -0.3 is 10.2 Å². The number of hydrogen-bond donors (Lipinski definition) is 1. The Morgan fingerprint density at radius 2 is 1.86 bits per heavy atom. The van der Waals surface area contributed by atoms with E-state index in [0.29, 0.717) is 17.3 Å². The average molecular weight is 303 g/mol. The molecule has 110 valence electrons. The Labute approximate surface area is 130 Å². The number of urea groups is 1. The molecule has 2 aromatic rings. The van der Waals surface area contributed by atoms with Crippen LogP contribution < -0.4 is 5.32 Å². The molecule has 0 heterocycles. The van der Waals surface area contributed by atoms with Crippen molar-refractivity contribution in [1.29, 1.82) is 0 Å². The van der Waals surface area contributed by atoms with Crippen LogP contribution in [0.25, 0.3) is 0 Å². The molecule has 21 heavy (non-hydrogen) atoms. The van der Waals surface area contributed by atoms with Crippen molar-refractivity contribution in [2.24, 2.45) is 0 Å². The molecule has 2 amide bonds. The van der Waals surface area contributed by atoms with E-state index in [-0.39, 0.29) is 12.1 Å². The van der Waals surface area contributed by atoms with Crippen LogP contribution in [-0.4, -0.2) is 17.0 Å². The van der Waals surface area contributed by atoms with Crippen LogP contribution in [0, 0.1) is 0 Å². The van der Waals surface area contributed by atoms with Gasteiger partial charge in [-0.15, -0.1) is 0 Å². The zero-order valence-electron chi connectivity index (χ0n) is 12.2. The molecule has 4 heteroatoms. The molecule has 0 bridgehead atoms. The molecule has 0 atom stereocenters. The first kappa shape index (κ1) is 15.4. The summed E-state index contributed by atoms with van der Waals surface area (Å²) in [5.41, 5.74) is 1.80. The summed E-state index contributed by atoms with van der Waals surface area (Å²) < 4.78 is 0. The van der Waals surface area contributed by atoms with Gasteiger partial charge in [-0.1, -0.05) is 48.0 Å². The standard InChI is InChI=1S/C17H19ClN2O/c1-13(2)20(12-14-7-4-3-5-8-14)17(21)19-16-10-6-9-15(18)11-16/h3-11,13H,12H2,1-2H3,(H,19,21). The molecule has 1 N–H and O–H groups in total. The van der Waals surface area contributed by atoms with Crippen molar-refractivity contribution in [1.82, 2.24) is 4.90 Å². The maximum absolute atomic E-state index is 12.4. The number of carbonyl (C=O) groups is 1. The van der Waals surface area contributed by atoms with Gasteiger partial charge in [-0.05, 0) is 37.6 Å². The van der Waals surface area contributed by atoms with Crippen LogP contribution >= 0.6 is 11.6 Å². The number of amides is 2. The number of benzene rings is 2. The molecule has 0 aromatic heterocycles. The monoisotopic (exact) mass is 302 g/mol. The van der Waals surface area contributed by atoms with Crippen molar-refractivity contribution in [3.8, 4) is 0 Å². The summed E-state index contributed by atoms with van der Waals surface area (Å²) in [6.45, 7) is 4.58. The highest BCUT2D eigenvalue weighted by atomic mass is 35.5. The van der Waals surface area contributed by atoms with Crippen LogP contribution in [0.5, 0.6) is 0 Å². The van der Waals surface area contributed by atoms with Gasteiger partial charge in [-0.2, -0.15) is 0 Å². The summed E-state index contributed by atoms with van der Waals surface area (Å²) in [4.78, 5) is 14.2. The minimum absolute atomic E-state index is 0.101. The molecule has 0 aliphatic rings. The van der Waals surface area contributed by atoms with Gasteiger partial charge in [0.2, 0.25) is 0 Å². The summed E-state index contributed by atoms with van der Waals surface area (Å²) >= 11 is 5.94. The normalized spacial score (nSPS) is 10.5. The predicted molar refractivity (Wildman–Crippen MR) is 87.6 cm³/mol. The third-order valence-electron chi connectivity index (χ3n) is 3.16. The molecule has 0 aliphatic heterocycles. The Hall–Kier alpha value is -2.00. The lowest BCUT2D eigenvalue weighted by atomic mass is 10.2. The Bertz CT molecular complexity index is 599. The average Bonchev–Trinajstić information content (AvgIpc) is 2.45. The van der Waals surface area contributed by atoms with Gasteiger partial charge in [0.25, 0.3) is 0 Å². The molecule has 3 nitrogen and oxygen atoms in total. The van der Waals surface area contributed by atoms with Gasteiger partial charge in [0.15, 0.2) is 0 Å². The number of hydrogen-bond acceptors (Lipinski definition) is 1. The summed E-state index contributed by atoms with van der Waals surface area (Å²) in [6, 6.07) is 17.1. The van der Waals surface area contributed by atoms with Gasteiger partial charge in [0.05, 0.1) is 0 Å². The van der Waals surface area contributed by atoms with Crippen LogP contribution in [0.2, 0.25) is 5.02 Å². The van der Waals surface area contributed by atoms with Crippen LogP contribution in [0.15, 0.2) is 54.6 Å². The number of nitrogens with one attached hydrogen (secondary N) is 1. The summed E-state index contributed by atoms with van der Waals surface area (Å²) in [6.07, 6.45) is 0. The lowest BCUT2D eigenvalue weighted by Crippen LogP contribution is -2.39. The second-order valence-corrected chi connectivity index (χ2v) is 5.58. The molecule has 0 radical (unpaired) electrons. The molecule has 0 saturated heterocycles. The Kier molecular flexibility index (Phi) is 5.23.